The van der Waals surface area contributed by atoms with Crippen LogP contribution in [0.2, 0.25) is 0 Å². The summed E-state index contributed by atoms with van der Waals surface area (Å²) < 4.78 is 31.3. The first-order valence-corrected chi connectivity index (χ1v) is 11.1. The molecule has 1 aromatic heterocycles. The fourth-order valence-corrected chi connectivity index (χ4v) is 5.08. The molecule has 2 heterocycles. The van der Waals surface area contributed by atoms with Crippen LogP contribution in [0.3, 0.4) is 0 Å². The molecule has 0 bridgehead atoms. The highest BCUT2D eigenvalue weighted by Crippen LogP contribution is 2.36. The lowest BCUT2D eigenvalue weighted by atomic mass is 9.99. The Bertz CT molecular complexity index is 1090. The molecule has 0 aromatic carbocycles. The maximum Gasteiger partial charge on any atom is 0.501 e. The smallest absolute Gasteiger partial charge is 0.273 e. The van der Waals surface area contributed by atoms with Gasteiger partial charge in [0.1, 0.15) is 23.1 Å². The van der Waals surface area contributed by atoms with Gasteiger partial charge in [0, 0.05) is 23.8 Å². The molecule has 1 fully saturated rings. The molecule has 1 saturated carbocycles. The SMILES string of the molecule is CCn1cc(CN2C(=O)C3=CC(S(=O)(=O)NC4(C)CC4)C=CC3=[N+](C)C2=O)cn1. The van der Waals surface area contributed by atoms with E-state index in [1.54, 1.807) is 24.1 Å². The summed E-state index contributed by atoms with van der Waals surface area (Å²) in [7, 11) is -2.10. The van der Waals surface area contributed by atoms with E-state index in [-0.39, 0.29) is 12.1 Å². The number of amides is 3. The van der Waals surface area contributed by atoms with Gasteiger partial charge in [-0.15, -0.1) is 0 Å². The standard InChI is InChI=1S/C19H24N5O4S/c1-4-23-11-13(10-20-23)12-24-17(25)15-9-14(5-6-16(15)22(3)18(24)26)29(27,28)21-19(2)7-8-19/h5-6,9-11,14,21H,4,7-8,12H2,1-3H3/q+1. The normalized spacial score (nSPS) is 23.3. The maximum absolute atomic E-state index is 13.1. The number of hydrogen-bond donors (Lipinski definition) is 1. The van der Waals surface area contributed by atoms with Crippen LogP contribution < -0.4 is 4.72 Å². The number of urea groups is 1. The van der Waals surface area contributed by atoms with Crippen molar-refractivity contribution >= 4 is 27.7 Å². The Morgan fingerprint density at radius 2 is 2.07 bits per heavy atom. The Balaban J connectivity index is 1.64. The molecule has 1 atom stereocenters. The third kappa shape index (κ3) is 3.58. The Morgan fingerprint density at radius 3 is 2.69 bits per heavy atom. The summed E-state index contributed by atoms with van der Waals surface area (Å²) >= 11 is 0. The van der Waals surface area contributed by atoms with E-state index in [4.69, 9.17) is 0 Å². The van der Waals surface area contributed by atoms with E-state index in [2.05, 4.69) is 9.82 Å². The van der Waals surface area contributed by atoms with Gasteiger partial charge in [-0.05, 0) is 38.8 Å². The monoisotopic (exact) mass is 418 g/mol. The molecule has 1 unspecified atom stereocenters. The van der Waals surface area contributed by atoms with Crippen molar-refractivity contribution in [2.75, 3.05) is 7.05 Å². The van der Waals surface area contributed by atoms with Gasteiger partial charge in [-0.25, -0.2) is 17.9 Å². The fourth-order valence-electron chi connectivity index (χ4n) is 3.45. The van der Waals surface area contributed by atoms with Crippen LogP contribution in [0, 0.1) is 0 Å². The average molecular weight is 418 g/mol. The van der Waals surface area contributed by atoms with E-state index >= 15 is 0 Å². The van der Waals surface area contributed by atoms with Crippen LogP contribution in [0.5, 0.6) is 0 Å². The number of fused-ring (bicyclic) bond motifs is 1. The summed E-state index contributed by atoms with van der Waals surface area (Å²) in [4.78, 5) is 26.9. The van der Waals surface area contributed by atoms with Crippen molar-refractivity contribution < 1.29 is 22.6 Å². The minimum atomic E-state index is -3.67. The van der Waals surface area contributed by atoms with Crippen molar-refractivity contribution in [3.63, 3.8) is 0 Å². The van der Waals surface area contributed by atoms with Crippen molar-refractivity contribution in [3.05, 3.63) is 41.8 Å². The second-order valence-electron chi connectivity index (χ2n) is 7.93. The van der Waals surface area contributed by atoms with Crippen LogP contribution in [0.15, 0.2) is 36.2 Å². The quantitative estimate of drug-likeness (QED) is 0.688. The molecule has 0 saturated heterocycles. The topological polar surface area (TPSA) is 104 Å². The number of sulfonamides is 1. The zero-order valence-corrected chi connectivity index (χ0v) is 17.4. The molecule has 1 aromatic rings. The number of rotatable bonds is 6. The van der Waals surface area contributed by atoms with E-state index in [1.165, 1.54) is 22.8 Å². The van der Waals surface area contributed by atoms with Gasteiger partial charge in [0.15, 0.2) is 0 Å². The number of allylic oxidation sites excluding steroid dienone is 1. The molecule has 29 heavy (non-hydrogen) atoms. The largest absolute Gasteiger partial charge is 0.501 e. The second kappa shape index (κ2) is 6.74. The number of aromatic nitrogens is 2. The summed E-state index contributed by atoms with van der Waals surface area (Å²) in [5.74, 6) is -0.505. The number of nitrogens with one attached hydrogen (secondary N) is 1. The van der Waals surface area contributed by atoms with E-state index in [0.717, 1.165) is 23.3 Å². The van der Waals surface area contributed by atoms with Crippen molar-refractivity contribution in [1.82, 2.24) is 19.4 Å². The van der Waals surface area contributed by atoms with Gasteiger partial charge in [0.25, 0.3) is 0 Å². The highest BCUT2D eigenvalue weighted by atomic mass is 32.2. The van der Waals surface area contributed by atoms with Crippen molar-refractivity contribution in [2.45, 2.75) is 50.6 Å². The number of aryl methyl sites for hydroxylation is 1. The van der Waals surface area contributed by atoms with Gasteiger partial charge < -0.3 is 0 Å². The average Bonchev–Trinajstić information content (AvgIpc) is 3.22. The lowest BCUT2D eigenvalue weighted by Gasteiger charge is -2.25. The van der Waals surface area contributed by atoms with Gasteiger partial charge in [-0.2, -0.15) is 19.4 Å². The van der Waals surface area contributed by atoms with Crippen molar-refractivity contribution in [1.29, 1.82) is 0 Å². The molecule has 4 rings (SSSR count). The van der Waals surface area contributed by atoms with Crippen LogP contribution >= 0.6 is 0 Å². The van der Waals surface area contributed by atoms with Gasteiger partial charge in [-0.1, -0.05) is 6.08 Å². The molecule has 1 aliphatic heterocycles. The minimum Gasteiger partial charge on any atom is -0.273 e. The lowest BCUT2D eigenvalue weighted by molar-refractivity contribution is -0.402. The van der Waals surface area contributed by atoms with Gasteiger partial charge >= 0.3 is 11.9 Å². The van der Waals surface area contributed by atoms with Gasteiger partial charge in [0.05, 0.1) is 13.2 Å². The Morgan fingerprint density at radius 1 is 1.34 bits per heavy atom. The van der Waals surface area contributed by atoms with Crippen LogP contribution in [-0.4, -0.2) is 63.2 Å². The third-order valence-corrected chi connectivity index (χ3v) is 7.29. The first kappa shape index (κ1) is 19.7. The minimum absolute atomic E-state index is 0.0735. The van der Waals surface area contributed by atoms with Gasteiger partial charge in [0.2, 0.25) is 10.0 Å². The van der Waals surface area contributed by atoms with Gasteiger partial charge in [-0.3, -0.25) is 4.68 Å². The number of imide groups is 1. The first-order chi connectivity index (χ1) is 13.6. The summed E-state index contributed by atoms with van der Waals surface area (Å²) in [6.07, 6.45) is 9.46. The highest BCUT2D eigenvalue weighted by Gasteiger charge is 2.46. The second-order valence-corrected chi connectivity index (χ2v) is 9.77. The summed E-state index contributed by atoms with van der Waals surface area (Å²) in [6, 6.07) is -0.457. The highest BCUT2D eigenvalue weighted by molar-refractivity contribution is 7.90. The lowest BCUT2D eigenvalue weighted by Crippen LogP contribution is -2.50. The molecule has 3 aliphatic rings. The molecular weight excluding hydrogens is 394 g/mol. The summed E-state index contributed by atoms with van der Waals surface area (Å²) in [5.41, 5.74) is 0.951. The molecular formula is C19H24N5O4S+. The predicted octanol–water partition coefficient (Wildman–Crippen LogP) is 0.785. The number of nitrogens with zero attached hydrogens (tertiary/aromatic N) is 4. The Labute approximate surface area is 169 Å². The summed E-state index contributed by atoms with van der Waals surface area (Å²) in [5, 5.41) is 3.21. The van der Waals surface area contributed by atoms with Crippen LogP contribution in [0.1, 0.15) is 32.3 Å². The zero-order valence-electron chi connectivity index (χ0n) is 16.6. The Hall–Kier alpha value is -2.59. The number of carbonyl (C=O) groups is 2. The van der Waals surface area contributed by atoms with Crippen molar-refractivity contribution in [3.8, 4) is 0 Å². The zero-order chi connectivity index (χ0) is 21.0. The van der Waals surface area contributed by atoms with E-state index < -0.39 is 32.8 Å². The van der Waals surface area contributed by atoms with E-state index in [1.807, 2.05) is 13.8 Å². The number of hydrogen-bond acceptors (Lipinski definition) is 5. The Kier molecular flexibility index (Phi) is 4.58. The van der Waals surface area contributed by atoms with Crippen LogP contribution in [0.4, 0.5) is 4.79 Å². The molecule has 3 amide bonds. The molecule has 154 valence electrons. The molecule has 1 N–H and O–H groups in total. The third-order valence-electron chi connectivity index (χ3n) is 5.50. The van der Waals surface area contributed by atoms with E-state index in [9.17, 15) is 18.0 Å². The molecule has 9 nitrogen and oxygen atoms in total. The molecule has 0 spiro atoms. The number of carbonyl (C=O) groups excluding carboxylic acids is 2. The maximum atomic E-state index is 13.1. The summed E-state index contributed by atoms with van der Waals surface area (Å²) in [6.45, 7) is 4.56. The van der Waals surface area contributed by atoms with Crippen LogP contribution in [-0.2, 0) is 27.9 Å². The van der Waals surface area contributed by atoms with E-state index in [0.29, 0.717) is 12.3 Å². The fraction of sp³-hybridized carbons (Fsp3) is 0.474. The predicted molar refractivity (Wildman–Crippen MR) is 106 cm³/mol. The molecule has 0 radical (unpaired) electrons. The van der Waals surface area contributed by atoms with Crippen molar-refractivity contribution in [2.24, 2.45) is 0 Å². The molecule has 10 heteroatoms. The van der Waals surface area contributed by atoms with Crippen LogP contribution in [0.25, 0.3) is 0 Å². The first-order valence-electron chi connectivity index (χ1n) is 9.54. The molecule has 2 aliphatic carbocycles.